The van der Waals surface area contributed by atoms with E-state index in [2.05, 4.69) is 15.5 Å². The molecule has 0 unspecified atom stereocenters. The number of nitrogens with zero attached hydrogens (tertiary/aromatic N) is 2. The Labute approximate surface area is 96.5 Å². The number of amides is 1. The van der Waals surface area contributed by atoms with E-state index in [1.807, 2.05) is 0 Å². The zero-order valence-electron chi connectivity index (χ0n) is 8.72. The second kappa shape index (κ2) is 4.56. The highest BCUT2D eigenvalue weighted by Crippen LogP contribution is 2.16. The minimum atomic E-state index is -0.628. The number of halogens is 1. The van der Waals surface area contributed by atoms with Crippen molar-refractivity contribution >= 4 is 17.4 Å². The van der Waals surface area contributed by atoms with Crippen molar-refractivity contribution in [2.75, 3.05) is 11.1 Å². The number of rotatable bonds is 2. The summed E-state index contributed by atoms with van der Waals surface area (Å²) >= 11 is 0. The topological polar surface area (TPSA) is 80.9 Å². The van der Waals surface area contributed by atoms with Gasteiger partial charge in [-0.3, -0.25) is 4.79 Å². The Morgan fingerprint density at radius 1 is 1.29 bits per heavy atom. The smallest absolute Gasteiger partial charge is 0.259 e. The van der Waals surface area contributed by atoms with Crippen molar-refractivity contribution in [2.45, 2.75) is 0 Å². The molecule has 1 aromatic carbocycles. The maximum absolute atomic E-state index is 13.1. The number of para-hydroxylation sites is 1. The fraction of sp³-hybridized carbons (Fsp3) is 0. The van der Waals surface area contributed by atoms with Crippen LogP contribution < -0.4 is 11.1 Å². The molecule has 5 nitrogen and oxygen atoms in total. The molecule has 6 heteroatoms. The van der Waals surface area contributed by atoms with Gasteiger partial charge in [-0.15, -0.1) is 5.10 Å². The number of hydrogen-bond donors (Lipinski definition) is 2. The summed E-state index contributed by atoms with van der Waals surface area (Å²) in [6.07, 6.45) is 1.48. The van der Waals surface area contributed by atoms with Gasteiger partial charge in [0.1, 0.15) is 5.82 Å². The third kappa shape index (κ3) is 2.36. The van der Waals surface area contributed by atoms with Crippen molar-refractivity contribution < 1.29 is 9.18 Å². The number of benzene rings is 1. The van der Waals surface area contributed by atoms with Gasteiger partial charge in [0, 0.05) is 6.20 Å². The third-order valence-electron chi connectivity index (χ3n) is 2.11. The van der Waals surface area contributed by atoms with Gasteiger partial charge < -0.3 is 11.1 Å². The van der Waals surface area contributed by atoms with E-state index in [9.17, 15) is 9.18 Å². The van der Waals surface area contributed by atoms with Crippen LogP contribution in [-0.4, -0.2) is 16.1 Å². The number of hydrogen-bond acceptors (Lipinski definition) is 4. The SMILES string of the molecule is Nc1c(F)cccc1C(=O)Nc1cccnn1. The molecule has 86 valence electrons. The molecule has 2 aromatic rings. The van der Waals surface area contributed by atoms with Crippen LogP contribution in [-0.2, 0) is 0 Å². The molecule has 1 amide bonds. The fourth-order valence-electron chi connectivity index (χ4n) is 1.29. The summed E-state index contributed by atoms with van der Waals surface area (Å²) < 4.78 is 13.1. The van der Waals surface area contributed by atoms with E-state index in [-0.39, 0.29) is 17.1 Å². The number of carbonyl (C=O) groups is 1. The van der Waals surface area contributed by atoms with Crippen molar-refractivity contribution in [3.63, 3.8) is 0 Å². The second-order valence-electron chi connectivity index (χ2n) is 3.26. The van der Waals surface area contributed by atoms with Gasteiger partial charge in [-0.1, -0.05) is 6.07 Å². The van der Waals surface area contributed by atoms with Gasteiger partial charge in [0.05, 0.1) is 11.3 Å². The lowest BCUT2D eigenvalue weighted by Crippen LogP contribution is -2.15. The monoisotopic (exact) mass is 232 g/mol. The van der Waals surface area contributed by atoms with Crippen molar-refractivity contribution in [1.29, 1.82) is 0 Å². The van der Waals surface area contributed by atoms with Crippen molar-refractivity contribution in [2.24, 2.45) is 0 Å². The van der Waals surface area contributed by atoms with Crippen LogP contribution in [0.1, 0.15) is 10.4 Å². The Bertz CT molecular complexity index is 544. The average molecular weight is 232 g/mol. The van der Waals surface area contributed by atoms with E-state index >= 15 is 0 Å². The maximum Gasteiger partial charge on any atom is 0.259 e. The predicted octanol–water partition coefficient (Wildman–Crippen LogP) is 1.45. The highest BCUT2D eigenvalue weighted by Gasteiger charge is 2.12. The number of aromatic nitrogens is 2. The van der Waals surface area contributed by atoms with E-state index in [1.54, 1.807) is 12.1 Å². The highest BCUT2D eigenvalue weighted by atomic mass is 19.1. The molecule has 1 heterocycles. The number of nitrogen functional groups attached to an aromatic ring is 1. The van der Waals surface area contributed by atoms with E-state index in [1.165, 1.54) is 24.4 Å². The van der Waals surface area contributed by atoms with E-state index < -0.39 is 11.7 Å². The summed E-state index contributed by atoms with van der Waals surface area (Å²) in [7, 11) is 0. The van der Waals surface area contributed by atoms with E-state index in [0.29, 0.717) is 0 Å². The molecule has 0 atom stereocenters. The molecule has 0 fully saturated rings. The van der Waals surface area contributed by atoms with Crippen LogP contribution in [0.4, 0.5) is 15.9 Å². The third-order valence-corrected chi connectivity index (χ3v) is 2.11. The molecule has 2 rings (SSSR count). The van der Waals surface area contributed by atoms with E-state index in [0.717, 1.165) is 0 Å². The minimum absolute atomic E-state index is 0.0654. The first kappa shape index (κ1) is 11.0. The largest absolute Gasteiger partial charge is 0.396 e. The van der Waals surface area contributed by atoms with Gasteiger partial charge in [-0.2, -0.15) is 5.10 Å². The Hall–Kier alpha value is -2.50. The fourth-order valence-corrected chi connectivity index (χ4v) is 1.29. The van der Waals surface area contributed by atoms with Crippen LogP contribution in [0.15, 0.2) is 36.5 Å². The molecule has 0 bridgehead atoms. The average Bonchev–Trinajstić information content (AvgIpc) is 2.34. The van der Waals surface area contributed by atoms with Crippen molar-refractivity contribution in [1.82, 2.24) is 10.2 Å². The second-order valence-corrected chi connectivity index (χ2v) is 3.26. The standard InChI is InChI=1S/C11H9FN4O/c12-8-4-1-3-7(10(8)13)11(17)15-9-5-2-6-14-16-9/h1-6H,13H2,(H,15,16,17). The maximum atomic E-state index is 13.1. The first-order valence-corrected chi connectivity index (χ1v) is 4.81. The first-order chi connectivity index (χ1) is 8.18. The van der Waals surface area contributed by atoms with Gasteiger partial charge in [-0.05, 0) is 24.3 Å². The molecule has 0 aliphatic carbocycles. The van der Waals surface area contributed by atoms with Crippen molar-refractivity contribution in [3.05, 3.63) is 47.9 Å². The molecule has 0 radical (unpaired) electrons. The molecule has 0 aliphatic rings. The van der Waals surface area contributed by atoms with Crippen LogP contribution >= 0.6 is 0 Å². The molecule has 0 aliphatic heterocycles. The van der Waals surface area contributed by atoms with Crippen LogP contribution in [0, 0.1) is 5.82 Å². The zero-order chi connectivity index (χ0) is 12.3. The molecule has 3 N–H and O–H groups in total. The molecule has 0 saturated carbocycles. The van der Waals surface area contributed by atoms with Crippen LogP contribution in [0.3, 0.4) is 0 Å². The lowest BCUT2D eigenvalue weighted by Gasteiger charge is -2.06. The number of anilines is 2. The van der Waals surface area contributed by atoms with Gasteiger partial charge in [0.15, 0.2) is 5.82 Å². The lowest BCUT2D eigenvalue weighted by molar-refractivity contribution is 0.102. The summed E-state index contributed by atoms with van der Waals surface area (Å²) in [5, 5.41) is 9.75. The molecule has 0 saturated heterocycles. The zero-order valence-corrected chi connectivity index (χ0v) is 8.72. The number of nitrogens with one attached hydrogen (secondary N) is 1. The first-order valence-electron chi connectivity index (χ1n) is 4.81. The van der Waals surface area contributed by atoms with Crippen LogP contribution in [0.5, 0.6) is 0 Å². The Morgan fingerprint density at radius 3 is 2.82 bits per heavy atom. The highest BCUT2D eigenvalue weighted by molar-refractivity contribution is 6.07. The quantitative estimate of drug-likeness (QED) is 0.768. The number of nitrogens with two attached hydrogens (primary N) is 1. The summed E-state index contributed by atoms with van der Waals surface area (Å²) in [5.41, 5.74) is 5.34. The van der Waals surface area contributed by atoms with Gasteiger partial charge in [-0.25, -0.2) is 4.39 Å². The molecular weight excluding hydrogens is 223 g/mol. The van der Waals surface area contributed by atoms with Crippen LogP contribution in [0.2, 0.25) is 0 Å². The van der Waals surface area contributed by atoms with Crippen molar-refractivity contribution in [3.8, 4) is 0 Å². The summed E-state index contributed by atoms with van der Waals surface area (Å²) in [5.74, 6) is -0.875. The van der Waals surface area contributed by atoms with Crippen LogP contribution in [0.25, 0.3) is 0 Å². The Balaban J connectivity index is 2.24. The predicted molar refractivity (Wildman–Crippen MR) is 60.8 cm³/mol. The Kier molecular flexibility index (Phi) is 2.95. The molecule has 17 heavy (non-hydrogen) atoms. The lowest BCUT2D eigenvalue weighted by atomic mass is 10.1. The summed E-state index contributed by atoms with van der Waals surface area (Å²) in [6.45, 7) is 0. The van der Waals surface area contributed by atoms with Gasteiger partial charge in [0.25, 0.3) is 5.91 Å². The number of carbonyl (C=O) groups excluding carboxylic acids is 1. The molecular formula is C11H9FN4O. The van der Waals surface area contributed by atoms with Gasteiger partial charge >= 0.3 is 0 Å². The Morgan fingerprint density at radius 2 is 2.12 bits per heavy atom. The summed E-state index contributed by atoms with van der Waals surface area (Å²) in [4.78, 5) is 11.8. The molecule has 0 spiro atoms. The molecule has 1 aromatic heterocycles. The van der Waals surface area contributed by atoms with Gasteiger partial charge in [0.2, 0.25) is 0 Å². The minimum Gasteiger partial charge on any atom is -0.396 e. The normalized spacial score (nSPS) is 9.94. The summed E-state index contributed by atoms with van der Waals surface area (Å²) in [6, 6.07) is 7.23. The van der Waals surface area contributed by atoms with E-state index in [4.69, 9.17) is 5.73 Å².